The highest BCUT2D eigenvalue weighted by Gasteiger charge is 2.49. The highest BCUT2D eigenvalue weighted by Crippen LogP contribution is 2.30. The van der Waals surface area contributed by atoms with Crippen molar-refractivity contribution in [1.82, 2.24) is 20.4 Å². The minimum absolute atomic E-state index is 0.0324. The van der Waals surface area contributed by atoms with Crippen LogP contribution in [0.3, 0.4) is 0 Å². The van der Waals surface area contributed by atoms with Crippen molar-refractivity contribution < 1.29 is 19.1 Å². The molecule has 0 spiro atoms. The van der Waals surface area contributed by atoms with Gasteiger partial charge in [-0.05, 0) is 31.5 Å². The van der Waals surface area contributed by atoms with Gasteiger partial charge >= 0.3 is 6.03 Å². The van der Waals surface area contributed by atoms with E-state index < -0.39 is 17.5 Å². The maximum atomic E-state index is 12.9. The minimum atomic E-state index is -1.20. The van der Waals surface area contributed by atoms with Gasteiger partial charge < -0.3 is 20.3 Å². The second kappa shape index (κ2) is 6.95. The molecule has 2 fully saturated rings. The van der Waals surface area contributed by atoms with Crippen LogP contribution in [0, 0.1) is 0 Å². The predicted molar refractivity (Wildman–Crippen MR) is 94.6 cm³/mol. The van der Waals surface area contributed by atoms with E-state index in [-0.39, 0.29) is 18.5 Å². The van der Waals surface area contributed by atoms with Crippen molar-refractivity contribution in [2.45, 2.75) is 25.4 Å². The molecule has 0 radical (unpaired) electrons. The molecule has 4 amide bonds. The van der Waals surface area contributed by atoms with Gasteiger partial charge in [0, 0.05) is 25.7 Å². The molecule has 2 N–H and O–H groups in total. The van der Waals surface area contributed by atoms with Crippen LogP contribution in [0.25, 0.3) is 0 Å². The SMILES string of the molecule is COc1ccc(C2(C)NC(=O)N(CC(=O)N3CCNC[C@@H]3C)C2=O)cc1. The number of amides is 4. The molecule has 2 saturated heterocycles. The Bertz CT molecular complexity index is 720. The number of nitrogens with one attached hydrogen (secondary N) is 2. The molecule has 2 aliphatic heterocycles. The monoisotopic (exact) mass is 360 g/mol. The van der Waals surface area contributed by atoms with E-state index in [1.807, 2.05) is 6.92 Å². The Morgan fingerprint density at radius 3 is 2.62 bits per heavy atom. The molecule has 0 saturated carbocycles. The van der Waals surface area contributed by atoms with Gasteiger partial charge in [-0.25, -0.2) is 4.79 Å². The smallest absolute Gasteiger partial charge is 0.325 e. The molecule has 140 valence electrons. The highest BCUT2D eigenvalue weighted by molar-refractivity contribution is 6.09. The number of nitrogens with zero attached hydrogens (tertiary/aromatic N) is 2. The fourth-order valence-corrected chi connectivity index (χ4v) is 3.40. The first-order chi connectivity index (χ1) is 12.4. The van der Waals surface area contributed by atoms with Gasteiger partial charge in [0.1, 0.15) is 17.8 Å². The Morgan fingerprint density at radius 1 is 1.31 bits per heavy atom. The molecule has 2 aliphatic rings. The van der Waals surface area contributed by atoms with E-state index in [1.165, 1.54) is 0 Å². The van der Waals surface area contributed by atoms with Crippen molar-refractivity contribution in [1.29, 1.82) is 0 Å². The van der Waals surface area contributed by atoms with Crippen LogP contribution in [0.1, 0.15) is 19.4 Å². The van der Waals surface area contributed by atoms with Gasteiger partial charge in [0.2, 0.25) is 5.91 Å². The Labute approximate surface area is 152 Å². The number of imide groups is 1. The number of methoxy groups -OCH3 is 1. The van der Waals surface area contributed by atoms with Crippen LogP contribution in [0.4, 0.5) is 4.79 Å². The summed E-state index contributed by atoms with van der Waals surface area (Å²) in [6.07, 6.45) is 0. The first-order valence-corrected chi connectivity index (χ1v) is 8.65. The summed E-state index contributed by atoms with van der Waals surface area (Å²) in [5, 5.41) is 5.93. The third-order valence-corrected chi connectivity index (χ3v) is 5.06. The molecule has 1 aromatic rings. The van der Waals surface area contributed by atoms with Crippen molar-refractivity contribution in [3.63, 3.8) is 0 Å². The first-order valence-electron chi connectivity index (χ1n) is 8.65. The number of carbonyl (C=O) groups is 3. The Morgan fingerprint density at radius 2 is 2.00 bits per heavy atom. The molecule has 8 nitrogen and oxygen atoms in total. The first kappa shape index (κ1) is 18.2. The minimum Gasteiger partial charge on any atom is -0.497 e. The zero-order valence-corrected chi connectivity index (χ0v) is 15.2. The van der Waals surface area contributed by atoms with Crippen LogP contribution < -0.4 is 15.4 Å². The fourth-order valence-electron chi connectivity index (χ4n) is 3.40. The summed E-state index contributed by atoms with van der Waals surface area (Å²) in [5.74, 6) is 0.0131. The van der Waals surface area contributed by atoms with Crippen molar-refractivity contribution in [3.8, 4) is 5.75 Å². The number of hydrogen-bond donors (Lipinski definition) is 2. The Hall–Kier alpha value is -2.61. The Kier molecular flexibility index (Phi) is 4.86. The molecule has 26 heavy (non-hydrogen) atoms. The molecule has 0 aromatic heterocycles. The summed E-state index contributed by atoms with van der Waals surface area (Å²) in [6, 6.07) is 6.42. The van der Waals surface area contributed by atoms with Crippen LogP contribution in [0.2, 0.25) is 0 Å². The lowest BCUT2D eigenvalue weighted by Gasteiger charge is -2.34. The number of benzene rings is 1. The molecule has 1 unspecified atom stereocenters. The van der Waals surface area contributed by atoms with Crippen molar-refractivity contribution in [2.24, 2.45) is 0 Å². The van der Waals surface area contributed by atoms with Crippen molar-refractivity contribution >= 4 is 17.8 Å². The third-order valence-electron chi connectivity index (χ3n) is 5.06. The quantitative estimate of drug-likeness (QED) is 0.753. The van der Waals surface area contributed by atoms with Crippen LogP contribution in [0.5, 0.6) is 5.75 Å². The second-order valence-corrected chi connectivity index (χ2v) is 6.82. The van der Waals surface area contributed by atoms with E-state index in [4.69, 9.17) is 4.74 Å². The van der Waals surface area contributed by atoms with Crippen LogP contribution in [-0.2, 0) is 15.1 Å². The lowest BCUT2D eigenvalue weighted by Crippen LogP contribution is -2.55. The van der Waals surface area contributed by atoms with Crippen LogP contribution in [-0.4, -0.2) is 67.0 Å². The van der Waals surface area contributed by atoms with Gasteiger partial charge in [-0.1, -0.05) is 12.1 Å². The summed E-state index contributed by atoms with van der Waals surface area (Å²) in [6.45, 7) is 5.32. The van der Waals surface area contributed by atoms with E-state index in [0.29, 0.717) is 30.9 Å². The molecule has 2 atom stereocenters. The van der Waals surface area contributed by atoms with E-state index in [0.717, 1.165) is 4.90 Å². The number of hydrogen-bond acceptors (Lipinski definition) is 5. The predicted octanol–water partition coefficient (Wildman–Crippen LogP) is 0.283. The van der Waals surface area contributed by atoms with Crippen molar-refractivity contribution in [2.75, 3.05) is 33.3 Å². The van der Waals surface area contributed by atoms with Gasteiger partial charge in [-0.15, -0.1) is 0 Å². The van der Waals surface area contributed by atoms with E-state index in [9.17, 15) is 14.4 Å². The molecule has 1 aromatic carbocycles. The molecule has 8 heteroatoms. The maximum Gasteiger partial charge on any atom is 0.325 e. The summed E-state index contributed by atoms with van der Waals surface area (Å²) < 4.78 is 5.13. The maximum absolute atomic E-state index is 12.9. The number of carbonyl (C=O) groups excluding carboxylic acids is 3. The summed E-state index contributed by atoms with van der Waals surface area (Å²) in [7, 11) is 1.56. The third kappa shape index (κ3) is 3.12. The van der Waals surface area contributed by atoms with Crippen LogP contribution >= 0.6 is 0 Å². The zero-order chi connectivity index (χ0) is 18.9. The van der Waals surface area contributed by atoms with E-state index in [2.05, 4.69) is 10.6 Å². The Balaban J connectivity index is 1.76. The molecule has 0 bridgehead atoms. The molecular weight excluding hydrogens is 336 g/mol. The average Bonchev–Trinajstić information content (AvgIpc) is 2.86. The summed E-state index contributed by atoms with van der Waals surface area (Å²) in [4.78, 5) is 40.6. The van der Waals surface area contributed by atoms with E-state index >= 15 is 0 Å². The van der Waals surface area contributed by atoms with E-state index in [1.54, 1.807) is 43.2 Å². The normalized spacial score (nSPS) is 26.0. The standard InChI is InChI=1S/C18H24N4O4/c1-12-10-19-8-9-21(12)15(23)11-22-16(24)18(2,20-17(22)25)13-4-6-14(26-3)7-5-13/h4-7,12,19H,8-11H2,1-3H3,(H,20,25)/t12-,18?/m0/s1. The van der Waals surface area contributed by atoms with Gasteiger partial charge in [-0.3, -0.25) is 14.5 Å². The largest absolute Gasteiger partial charge is 0.497 e. The zero-order valence-electron chi connectivity index (χ0n) is 15.2. The number of rotatable bonds is 4. The summed E-state index contributed by atoms with van der Waals surface area (Å²) >= 11 is 0. The molecule has 3 rings (SSSR count). The highest BCUT2D eigenvalue weighted by atomic mass is 16.5. The van der Waals surface area contributed by atoms with Crippen LogP contribution in [0.15, 0.2) is 24.3 Å². The summed E-state index contributed by atoms with van der Waals surface area (Å²) in [5.41, 5.74) is -0.555. The average molecular weight is 360 g/mol. The molecule has 2 heterocycles. The number of urea groups is 1. The van der Waals surface area contributed by atoms with Crippen molar-refractivity contribution in [3.05, 3.63) is 29.8 Å². The topological polar surface area (TPSA) is 91.0 Å². The van der Waals surface area contributed by atoms with Gasteiger partial charge in [-0.2, -0.15) is 0 Å². The molecule has 0 aliphatic carbocycles. The van der Waals surface area contributed by atoms with Gasteiger partial charge in [0.25, 0.3) is 5.91 Å². The lowest BCUT2D eigenvalue weighted by molar-refractivity contribution is -0.140. The number of ether oxygens (including phenoxy) is 1. The fraction of sp³-hybridized carbons (Fsp3) is 0.500. The molecular formula is C18H24N4O4. The lowest BCUT2D eigenvalue weighted by atomic mass is 9.92. The second-order valence-electron chi connectivity index (χ2n) is 6.82. The van der Waals surface area contributed by atoms with Gasteiger partial charge in [0.15, 0.2) is 0 Å². The number of piperazine rings is 1. The van der Waals surface area contributed by atoms with Gasteiger partial charge in [0.05, 0.1) is 7.11 Å².